The lowest BCUT2D eigenvalue weighted by Crippen LogP contribution is -2.36. The van der Waals surface area contributed by atoms with Crippen molar-refractivity contribution in [1.82, 2.24) is 9.88 Å². The summed E-state index contributed by atoms with van der Waals surface area (Å²) in [5.74, 6) is -1.37. The molecule has 20 heavy (non-hydrogen) atoms. The van der Waals surface area contributed by atoms with Gasteiger partial charge < -0.3 is 10.0 Å². The maximum absolute atomic E-state index is 12.3. The Morgan fingerprint density at radius 2 is 1.95 bits per heavy atom. The molecular weight excluding hydrogens is 256 g/mol. The Morgan fingerprint density at radius 1 is 1.20 bits per heavy atom. The third-order valence-electron chi connectivity index (χ3n) is 2.92. The zero-order valence-electron chi connectivity index (χ0n) is 11.2. The van der Waals surface area contributed by atoms with Crippen LogP contribution in [0.4, 0.5) is 0 Å². The van der Waals surface area contributed by atoms with Gasteiger partial charge in [-0.05, 0) is 18.6 Å². The molecule has 0 saturated heterocycles. The Kier molecular flexibility index (Phi) is 4.30. The molecule has 0 aliphatic rings. The van der Waals surface area contributed by atoms with E-state index in [0.29, 0.717) is 13.0 Å². The van der Waals surface area contributed by atoms with Crippen LogP contribution in [-0.2, 0) is 4.79 Å². The minimum Gasteiger partial charge on any atom is -0.480 e. The number of hydrogen-bond donors (Lipinski definition) is 1. The summed E-state index contributed by atoms with van der Waals surface area (Å²) in [6.07, 6.45) is 0.701. The molecular formula is C15H16N2O3. The summed E-state index contributed by atoms with van der Waals surface area (Å²) in [6, 6.07) is 10.9. The van der Waals surface area contributed by atoms with Gasteiger partial charge in [-0.1, -0.05) is 31.2 Å². The van der Waals surface area contributed by atoms with Gasteiger partial charge in [0.15, 0.2) is 0 Å². The highest BCUT2D eigenvalue weighted by atomic mass is 16.4. The van der Waals surface area contributed by atoms with E-state index in [4.69, 9.17) is 5.11 Å². The number of fused-ring (bicyclic) bond motifs is 1. The lowest BCUT2D eigenvalue weighted by atomic mass is 10.2. The lowest BCUT2D eigenvalue weighted by molar-refractivity contribution is -0.137. The number of nitrogens with zero attached hydrogens (tertiary/aromatic N) is 2. The summed E-state index contributed by atoms with van der Waals surface area (Å²) < 4.78 is 0. The topological polar surface area (TPSA) is 70.5 Å². The predicted octanol–water partition coefficient (Wildman–Crippen LogP) is 2.17. The molecule has 0 aliphatic heterocycles. The smallest absolute Gasteiger partial charge is 0.323 e. The van der Waals surface area contributed by atoms with E-state index in [-0.39, 0.29) is 18.1 Å². The highest BCUT2D eigenvalue weighted by Gasteiger charge is 2.19. The fourth-order valence-electron chi connectivity index (χ4n) is 2.03. The summed E-state index contributed by atoms with van der Waals surface area (Å²) in [5.41, 5.74) is 1.00. The van der Waals surface area contributed by atoms with Crippen LogP contribution in [0.1, 0.15) is 23.8 Å². The Balaban J connectivity index is 2.30. The van der Waals surface area contributed by atoms with Crippen molar-refractivity contribution in [2.24, 2.45) is 0 Å². The average Bonchev–Trinajstić information content (AvgIpc) is 2.45. The van der Waals surface area contributed by atoms with Crippen LogP contribution in [0.15, 0.2) is 36.4 Å². The van der Waals surface area contributed by atoms with Crippen LogP contribution in [0.25, 0.3) is 10.9 Å². The number of hydrogen-bond acceptors (Lipinski definition) is 3. The number of pyridine rings is 1. The van der Waals surface area contributed by atoms with Crippen LogP contribution in [0.5, 0.6) is 0 Å². The first-order chi connectivity index (χ1) is 9.61. The number of benzene rings is 1. The second kappa shape index (κ2) is 6.14. The second-order valence-corrected chi connectivity index (χ2v) is 4.51. The Bertz CT molecular complexity index is 640. The standard InChI is InChI=1S/C15H16N2O3/c1-2-9-17(10-14(18)19)15(20)13-8-7-11-5-3-4-6-12(11)16-13/h3-8H,2,9-10H2,1H3,(H,18,19). The van der Waals surface area contributed by atoms with E-state index in [1.165, 1.54) is 4.90 Å². The first-order valence-corrected chi connectivity index (χ1v) is 6.48. The normalized spacial score (nSPS) is 10.4. The van der Waals surface area contributed by atoms with Crippen molar-refractivity contribution < 1.29 is 14.7 Å². The summed E-state index contributed by atoms with van der Waals surface area (Å²) in [6.45, 7) is 2.00. The number of para-hydroxylation sites is 1. The zero-order chi connectivity index (χ0) is 14.5. The quantitative estimate of drug-likeness (QED) is 0.905. The third-order valence-corrected chi connectivity index (χ3v) is 2.92. The molecule has 1 amide bonds. The number of amides is 1. The van der Waals surface area contributed by atoms with E-state index in [9.17, 15) is 9.59 Å². The molecule has 1 heterocycles. The maximum atomic E-state index is 12.3. The van der Waals surface area contributed by atoms with Crippen molar-refractivity contribution in [3.05, 3.63) is 42.1 Å². The number of carboxylic acids is 1. The molecule has 5 nitrogen and oxygen atoms in total. The first-order valence-electron chi connectivity index (χ1n) is 6.48. The summed E-state index contributed by atoms with van der Waals surface area (Å²) >= 11 is 0. The maximum Gasteiger partial charge on any atom is 0.323 e. The van der Waals surface area contributed by atoms with Gasteiger partial charge in [0.1, 0.15) is 12.2 Å². The number of carbonyl (C=O) groups excluding carboxylic acids is 1. The van der Waals surface area contributed by atoms with E-state index >= 15 is 0 Å². The van der Waals surface area contributed by atoms with Crippen LogP contribution in [0, 0.1) is 0 Å². The number of aliphatic carboxylic acids is 1. The molecule has 2 rings (SSSR count). The molecule has 1 aromatic heterocycles. The molecule has 104 valence electrons. The van der Waals surface area contributed by atoms with Crippen molar-refractivity contribution in [3.8, 4) is 0 Å². The van der Waals surface area contributed by atoms with Gasteiger partial charge in [-0.3, -0.25) is 9.59 Å². The molecule has 1 N–H and O–H groups in total. The average molecular weight is 272 g/mol. The molecule has 0 unspecified atom stereocenters. The Labute approximate surface area is 116 Å². The first kappa shape index (κ1) is 14.0. The van der Waals surface area contributed by atoms with E-state index in [1.54, 1.807) is 6.07 Å². The fraction of sp³-hybridized carbons (Fsp3) is 0.267. The summed E-state index contributed by atoms with van der Waals surface area (Å²) in [7, 11) is 0. The number of rotatable bonds is 5. The van der Waals surface area contributed by atoms with Crippen molar-refractivity contribution in [3.63, 3.8) is 0 Å². The molecule has 0 bridgehead atoms. The van der Waals surface area contributed by atoms with Gasteiger partial charge in [0.2, 0.25) is 0 Å². The number of carboxylic acid groups (broad SMARTS) is 1. The van der Waals surface area contributed by atoms with Crippen LogP contribution >= 0.6 is 0 Å². The van der Waals surface area contributed by atoms with Crippen LogP contribution < -0.4 is 0 Å². The second-order valence-electron chi connectivity index (χ2n) is 4.51. The van der Waals surface area contributed by atoms with Crippen molar-refractivity contribution in [1.29, 1.82) is 0 Å². The van der Waals surface area contributed by atoms with Gasteiger partial charge in [0, 0.05) is 11.9 Å². The highest BCUT2D eigenvalue weighted by Crippen LogP contribution is 2.13. The minimum absolute atomic E-state index is 0.276. The van der Waals surface area contributed by atoms with Gasteiger partial charge in [-0.15, -0.1) is 0 Å². The summed E-state index contributed by atoms with van der Waals surface area (Å²) in [5, 5.41) is 9.81. The van der Waals surface area contributed by atoms with Crippen LogP contribution in [0.3, 0.4) is 0 Å². The largest absolute Gasteiger partial charge is 0.480 e. The summed E-state index contributed by atoms with van der Waals surface area (Å²) in [4.78, 5) is 28.7. The Hall–Kier alpha value is -2.43. The van der Waals surface area contributed by atoms with Gasteiger partial charge >= 0.3 is 5.97 Å². The SMILES string of the molecule is CCCN(CC(=O)O)C(=O)c1ccc2ccccc2n1. The number of aromatic nitrogens is 1. The van der Waals surface area contributed by atoms with Gasteiger partial charge in [-0.2, -0.15) is 0 Å². The van der Waals surface area contributed by atoms with Crippen molar-refractivity contribution in [2.45, 2.75) is 13.3 Å². The monoisotopic (exact) mass is 272 g/mol. The molecule has 0 aliphatic carbocycles. The molecule has 2 aromatic rings. The van der Waals surface area contributed by atoms with Gasteiger partial charge in [-0.25, -0.2) is 4.98 Å². The third kappa shape index (κ3) is 3.12. The van der Waals surface area contributed by atoms with Gasteiger partial charge in [0.25, 0.3) is 5.91 Å². The predicted molar refractivity (Wildman–Crippen MR) is 75.6 cm³/mol. The number of carbonyl (C=O) groups is 2. The Morgan fingerprint density at radius 3 is 2.65 bits per heavy atom. The molecule has 0 fully saturated rings. The minimum atomic E-state index is -1.02. The zero-order valence-corrected chi connectivity index (χ0v) is 11.2. The van der Waals surface area contributed by atoms with E-state index in [1.807, 2.05) is 37.3 Å². The van der Waals surface area contributed by atoms with Crippen molar-refractivity contribution in [2.75, 3.05) is 13.1 Å². The fourth-order valence-corrected chi connectivity index (χ4v) is 2.03. The van der Waals surface area contributed by atoms with E-state index in [0.717, 1.165) is 10.9 Å². The molecule has 0 atom stereocenters. The van der Waals surface area contributed by atoms with Crippen LogP contribution in [-0.4, -0.2) is 40.0 Å². The molecule has 1 aromatic carbocycles. The molecule has 5 heteroatoms. The van der Waals surface area contributed by atoms with E-state index < -0.39 is 5.97 Å². The molecule has 0 saturated carbocycles. The van der Waals surface area contributed by atoms with Gasteiger partial charge in [0.05, 0.1) is 5.52 Å². The lowest BCUT2D eigenvalue weighted by Gasteiger charge is -2.19. The highest BCUT2D eigenvalue weighted by molar-refractivity contribution is 5.96. The molecule has 0 radical (unpaired) electrons. The van der Waals surface area contributed by atoms with E-state index in [2.05, 4.69) is 4.98 Å². The van der Waals surface area contributed by atoms with Crippen LogP contribution in [0.2, 0.25) is 0 Å². The molecule has 0 spiro atoms. The van der Waals surface area contributed by atoms with Crippen molar-refractivity contribution >= 4 is 22.8 Å².